The first-order valence-corrected chi connectivity index (χ1v) is 12.7. The van der Waals surface area contributed by atoms with Crippen LogP contribution in [0.3, 0.4) is 0 Å². The molecule has 0 bridgehead atoms. The summed E-state index contributed by atoms with van der Waals surface area (Å²) in [4.78, 5) is 15.0. The number of rotatable bonds is 8. The smallest absolute Gasteiger partial charge is 0.261 e. The second-order valence-corrected chi connectivity index (χ2v) is 9.45. The van der Waals surface area contributed by atoms with Crippen molar-refractivity contribution in [3.05, 3.63) is 137 Å². The Hall–Kier alpha value is -3.96. The van der Waals surface area contributed by atoms with Gasteiger partial charge in [-0.15, -0.1) is 0 Å². The maximum atomic E-state index is 14.5. The van der Waals surface area contributed by atoms with Crippen molar-refractivity contribution in [2.24, 2.45) is 0 Å². The molecule has 0 aromatic heterocycles. The van der Waals surface area contributed by atoms with Crippen LogP contribution in [0.4, 0.5) is 4.39 Å². The monoisotopic (exact) mass is 494 g/mol. The van der Waals surface area contributed by atoms with Crippen molar-refractivity contribution in [3.63, 3.8) is 0 Å². The van der Waals surface area contributed by atoms with Crippen LogP contribution in [0.25, 0.3) is 0 Å². The third-order valence-corrected chi connectivity index (χ3v) is 6.88. The van der Waals surface area contributed by atoms with Crippen LogP contribution in [0.5, 0.6) is 5.75 Å². The van der Waals surface area contributed by atoms with Gasteiger partial charge in [0.2, 0.25) is 0 Å². The van der Waals surface area contributed by atoms with Crippen molar-refractivity contribution in [2.45, 2.75) is 38.6 Å². The molecule has 0 saturated carbocycles. The largest absolute Gasteiger partial charge is 0.481 e. The number of carbonyl (C=O) groups is 1. The fourth-order valence-electron chi connectivity index (χ4n) is 4.95. The lowest BCUT2D eigenvalue weighted by Crippen LogP contribution is -2.37. The van der Waals surface area contributed by atoms with E-state index in [0.29, 0.717) is 24.4 Å². The Kier molecular flexibility index (Phi) is 7.62. The van der Waals surface area contributed by atoms with E-state index in [4.69, 9.17) is 4.74 Å². The first-order valence-electron chi connectivity index (χ1n) is 12.7. The molecule has 1 N–H and O–H groups in total. The SMILES string of the molecule is C[C@H](Oc1ccc2c(c1)[C@H](c1ccccc1)N(Cc1ccccc1F)CC2)C(=O)NCc1ccccc1. The third kappa shape index (κ3) is 5.89. The molecule has 0 radical (unpaired) electrons. The van der Waals surface area contributed by atoms with Crippen molar-refractivity contribution < 1.29 is 13.9 Å². The van der Waals surface area contributed by atoms with Crippen molar-refractivity contribution in [3.8, 4) is 5.75 Å². The van der Waals surface area contributed by atoms with E-state index in [9.17, 15) is 9.18 Å². The predicted molar refractivity (Wildman–Crippen MR) is 144 cm³/mol. The molecule has 1 aliphatic rings. The maximum Gasteiger partial charge on any atom is 0.261 e. The highest BCUT2D eigenvalue weighted by Gasteiger charge is 2.30. The van der Waals surface area contributed by atoms with Gasteiger partial charge in [0.25, 0.3) is 5.91 Å². The zero-order valence-corrected chi connectivity index (χ0v) is 20.9. The summed E-state index contributed by atoms with van der Waals surface area (Å²) < 4.78 is 20.6. The molecular formula is C32H31FN2O2. The number of nitrogens with zero attached hydrogens (tertiary/aromatic N) is 1. The van der Waals surface area contributed by atoms with Crippen LogP contribution in [-0.4, -0.2) is 23.5 Å². The Morgan fingerprint density at radius 3 is 2.43 bits per heavy atom. The first-order chi connectivity index (χ1) is 18.1. The van der Waals surface area contributed by atoms with Gasteiger partial charge in [-0.3, -0.25) is 9.69 Å². The van der Waals surface area contributed by atoms with Crippen molar-refractivity contribution in [1.29, 1.82) is 0 Å². The van der Waals surface area contributed by atoms with Gasteiger partial charge < -0.3 is 10.1 Å². The highest BCUT2D eigenvalue weighted by atomic mass is 19.1. The number of hydrogen-bond acceptors (Lipinski definition) is 3. The molecule has 4 aromatic carbocycles. The van der Waals surface area contributed by atoms with E-state index in [0.717, 1.165) is 29.7 Å². The van der Waals surface area contributed by atoms with Crippen molar-refractivity contribution >= 4 is 5.91 Å². The molecule has 4 aromatic rings. The maximum absolute atomic E-state index is 14.5. The number of nitrogens with one attached hydrogen (secondary N) is 1. The van der Waals surface area contributed by atoms with E-state index in [-0.39, 0.29) is 17.8 Å². The van der Waals surface area contributed by atoms with Crippen LogP contribution < -0.4 is 10.1 Å². The summed E-state index contributed by atoms with van der Waals surface area (Å²) in [5.74, 6) is 0.296. The third-order valence-electron chi connectivity index (χ3n) is 6.88. The van der Waals surface area contributed by atoms with Gasteiger partial charge in [-0.05, 0) is 53.8 Å². The standard InChI is InChI=1S/C32H31FN2O2/c1-23(32(36)34-21-24-10-4-2-5-11-24)37-28-17-16-25-18-19-35(22-27-14-8-9-15-30(27)33)31(29(25)20-28)26-12-6-3-7-13-26/h2-17,20,23,31H,18-19,21-22H2,1H3,(H,34,36)/t23-,31-/m0/s1. The van der Waals surface area contributed by atoms with Crippen molar-refractivity contribution in [1.82, 2.24) is 10.2 Å². The lowest BCUT2D eigenvalue weighted by Gasteiger charge is -2.38. The molecular weight excluding hydrogens is 463 g/mol. The second-order valence-electron chi connectivity index (χ2n) is 9.45. The molecule has 1 heterocycles. The topological polar surface area (TPSA) is 41.6 Å². The molecule has 0 unspecified atom stereocenters. The molecule has 0 spiro atoms. The second kappa shape index (κ2) is 11.4. The number of amides is 1. The van der Waals surface area contributed by atoms with E-state index in [1.807, 2.05) is 72.8 Å². The number of ether oxygens (including phenoxy) is 1. The molecule has 188 valence electrons. The first kappa shape index (κ1) is 24.7. The van der Waals surface area contributed by atoms with Crippen LogP contribution in [0.15, 0.2) is 103 Å². The fourth-order valence-corrected chi connectivity index (χ4v) is 4.95. The van der Waals surface area contributed by atoms with E-state index in [2.05, 4.69) is 28.4 Å². The molecule has 5 rings (SSSR count). The lowest BCUT2D eigenvalue weighted by molar-refractivity contribution is -0.127. The molecule has 5 heteroatoms. The summed E-state index contributed by atoms with van der Waals surface area (Å²) in [6.07, 6.45) is 0.218. The van der Waals surface area contributed by atoms with Crippen LogP contribution in [0, 0.1) is 5.82 Å². The Morgan fingerprint density at radius 1 is 0.973 bits per heavy atom. The minimum atomic E-state index is -0.643. The van der Waals surface area contributed by atoms with Crippen molar-refractivity contribution in [2.75, 3.05) is 6.54 Å². The lowest BCUT2D eigenvalue weighted by atomic mass is 9.87. The number of hydrogen-bond donors (Lipinski definition) is 1. The molecule has 1 aliphatic heterocycles. The molecule has 0 fully saturated rings. The quantitative estimate of drug-likeness (QED) is 0.324. The Balaban J connectivity index is 1.37. The minimum absolute atomic E-state index is 0.0460. The Bertz CT molecular complexity index is 1340. The number of carbonyl (C=O) groups excluding carboxylic acids is 1. The molecule has 0 aliphatic carbocycles. The summed E-state index contributed by atoms with van der Waals surface area (Å²) in [5.41, 5.74) is 5.24. The van der Waals surface area contributed by atoms with E-state index in [1.165, 1.54) is 11.6 Å². The van der Waals surface area contributed by atoms with Crippen LogP contribution in [0.1, 0.15) is 40.8 Å². The number of benzene rings is 4. The van der Waals surface area contributed by atoms with Crippen LogP contribution in [-0.2, 0) is 24.3 Å². The average molecular weight is 495 g/mol. The summed E-state index contributed by atoms with van der Waals surface area (Å²) in [7, 11) is 0. The Labute approximate surface area is 217 Å². The van der Waals surface area contributed by atoms with Gasteiger partial charge in [-0.25, -0.2) is 4.39 Å². The molecule has 37 heavy (non-hydrogen) atoms. The van der Waals surface area contributed by atoms with Gasteiger partial charge in [0, 0.05) is 25.2 Å². The zero-order chi connectivity index (χ0) is 25.6. The van der Waals surface area contributed by atoms with Gasteiger partial charge in [0.1, 0.15) is 11.6 Å². The summed E-state index contributed by atoms with van der Waals surface area (Å²) in [6.45, 7) is 3.55. The van der Waals surface area contributed by atoms with E-state index < -0.39 is 6.10 Å². The summed E-state index contributed by atoms with van der Waals surface area (Å²) >= 11 is 0. The predicted octanol–water partition coefficient (Wildman–Crippen LogP) is 6.06. The number of halogens is 1. The Morgan fingerprint density at radius 2 is 1.68 bits per heavy atom. The number of fused-ring (bicyclic) bond motifs is 1. The summed E-state index contributed by atoms with van der Waals surface area (Å²) in [5, 5.41) is 2.95. The average Bonchev–Trinajstić information content (AvgIpc) is 2.93. The molecule has 4 nitrogen and oxygen atoms in total. The highest BCUT2D eigenvalue weighted by molar-refractivity contribution is 5.80. The fraction of sp³-hybridized carbons (Fsp3) is 0.219. The molecule has 0 saturated heterocycles. The van der Waals surface area contributed by atoms with Gasteiger partial charge in [-0.1, -0.05) is 84.9 Å². The zero-order valence-electron chi connectivity index (χ0n) is 20.9. The molecule has 1 amide bonds. The van der Waals surface area contributed by atoms with E-state index >= 15 is 0 Å². The molecule has 2 atom stereocenters. The highest BCUT2D eigenvalue weighted by Crippen LogP contribution is 2.38. The normalized spacial score (nSPS) is 16.0. The van der Waals surface area contributed by atoms with Crippen LogP contribution in [0.2, 0.25) is 0 Å². The van der Waals surface area contributed by atoms with E-state index in [1.54, 1.807) is 13.0 Å². The van der Waals surface area contributed by atoms with Crippen LogP contribution >= 0.6 is 0 Å². The summed E-state index contributed by atoms with van der Waals surface area (Å²) in [6, 6.07) is 33.1. The minimum Gasteiger partial charge on any atom is -0.481 e. The van der Waals surface area contributed by atoms with Gasteiger partial charge in [0.15, 0.2) is 6.10 Å². The van der Waals surface area contributed by atoms with Gasteiger partial charge >= 0.3 is 0 Å². The van der Waals surface area contributed by atoms with Gasteiger partial charge in [0.05, 0.1) is 6.04 Å². The van der Waals surface area contributed by atoms with Gasteiger partial charge in [-0.2, -0.15) is 0 Å².